The van der Waals surface area contributed by atoms with Crippen LogP contribution < -0.4 is 0 Å². The van der Waals surface area contributed by atoms with Crippen molar-refractivity contribution >= 4 is 16.8 Å². The molecule has 0 fully saturated rings. The maximum absolute atomic E-state index is 13.5. The Morgan fingerprint density at radius 2 is 1.88 bits per heavy atom. The standard InChI is InChI=1S/C12H7ClFNO/c13-12(16)9-1-2-11(14)10(7-9)8-3-5-15-6-4-8/h1-7H. The van der Waals surface area contributed by atoms with Crippen LogP contribution in [-0.2, 0) is 0 Å². The van der Waals surface area contributed by atoms with E-state index >= 15 is 0 Å². The van der Waals surface area contributed by atoms with Crippen molar-refractivity contribution in [2.75, 3.05) is 0 Å². The average molecular weight is 236 g/mol. The summed E-state index contributed by atoms with van der Waals surface area (Å²) in [6.45, 7) is 0. The van der Waals surface area contributed by atoms with E-state index in [0.717, 1.165) is 0 Å². The van der Waals surface area contributed by atoms with Gasteiger partial charge in [0.05, 0.1) is 0 Å². The zero-order valence-electron chi connectivity index (χ0n) is 8.15. The molecule has 16 heavy (non-hydrogen) atoms. The molecule has 1 heterocycles. The second kappa shape index (κ2) is 4.41. The highest BCUT2D eigenvalue weighted by molar-refractivity contribution is 6.67. The molecule has 0 amide bonds. The second-order valence-corrected chi connectivity index (χ2v) is 3.55. The van der Waals surface area contributed by atoms with Crippen molar-refractivity contribution in [3.8, 4) is 11.1 Å². The highest BCUT2D eigenvalue weighted by Crippen LogP contribution is 2.23. The van der Waals surface area contributed by atoms with Crippen molar-refractivity contribution in [1.82, 2.24) is 4.98 Å². The quantitative estimate of drug-likeness (QED) is 0.748. The van der Waals surface area contributed by atoms with Crippen LogP contribution in [0.3, 0.4) is 0 Å². The van der Waals surface area contributed by atoms with Crippen LogP contribution in [0.25, 0.3) is 11.1 Å². The number of carbonyl (C=O) groups is 1. The number of pyridine rings is 1. The van der Waals surface area contributed by atoms with Gasteiger partial charge in [0.15, 0.2) is 0 Å². The number of aromatic nitrogens is 1. The Kier molecular flexibility index (Phi) is 2.97. The molecular weight excluding hydrogens is 229 g/mol. The molecule has 0 bridgehead atoms. The Balaban J connectivity index is 2.56. The molecule has 80 valence electrons. The third-order valence-corrected chi connectivity index (χ3v) is 2.40. The van der Waals surface area contributed by atoms with Gasteiger partial charge in [0.1, 0.15) is 5.82 Å². The monoisotopic (exact) mass is 235 g/mol. The highest BCUT2D eigenvalue weighted by Gasteiger charge is 2.09. The van der Waals surface area contributed by atoms with Crippen LogP contribution in [0.2, 0.25) is 0 Å². The molecule has 0 spiro atoms. The molecule has 0 unspecified atom stereocenters. The van der Waals surface area contributed by atoms with Crippen molar-refractivity contribution in [3.05, 3.63) is 54.1 Å². The van der Waals surface area contributed by atoms with Crippen molar-refractivity contribution < 1.29 is 9.18 Å². The van der Waals surface area contributed by atoms with Gasteiger partial charge in [0.2, 0.25) is 0 Å². The fourth-order valence-electron chi connectivity index (χ4n) is 1.40. The van der Waals surface area contributed by atoms with Crippen LogP contribution in [-0.4, -0.2) is 10.2 Å². The molecule has 0 saturated carbocycles. The largest absolute Gasteiger partial charge is 0.276 e. The molecule has 0 aliphatic heterocycles. The van der Waals surface area contributed by atoms with Crippen LogP contribution >= 0.6 is 11.6 Å². The van der Waals surface area contributed by atoms with Crippen molar-refractivity contribution in [2.45, 2.75) is 0 Å². The van der Waals surface area contributed by atoms with E-state index in [9.17, 15) is 9.18 Å². The zero-order chi connectivity index (χ0) is 11.5. The van der Waals surface area contributed by atoms with Gasteiger partial charge in [-0.05, 0) is 47.5 Å². The van der Waals surface area contributed by atoms with E-state index in [4.69, 9.17) is 11.6 Å². The topological polar surface area (TPSA) is 30.0 Å². The molecule has 0 aliphatic carbocycles. The van der Waals surface area contributed by atoms with Gasteiger partial charge in [-0.15, -0.1) is 0 Å². The smallest absolute Gasteiger partial charge is 0.252 e. The van der Waals surface area contributed by atoms with Gasteiger partial charge in [-0.1, -0.05) is 0 Å². The molecule has 0 saturated heterocycles. The Morgan fingerprint density at radius 3 is 2.50 bits per heavy atom. The lowest BCUT2D eigenvalue weighted by atomic mass is 10.0. The summed E-state index contributed by atoms with van der Waals surface area (Å²) in [5.74, 6) is -0.395. The van der Waals surface area contributed by atoms with Crippen molar-refractivity contribution in [3.63, 3.8) is 0 Å². The van der Waals surface area contributed by atoms with Gasteiger partial charge in [-0.25, -0.2) is 4.39 Å². The fourth-order valence-corrected chi connectivity index (χ4v) is 1.52. The Bertz CT molecular complexity index is 528. The number of hydrogen-bond donors (Lipinski definition) is 0. The highest BCUT2D eigenvalue weighted by atomic mass is 35.5. The summed E-state index contributed by atoms with van der Waals surface area (Å²) in [5, 5.41) is -0.602. The number of carbonyl (C=O) groups excluding carboxylic acids is 1. The Labute approximate surface area is 96.7 Å². The van der Waals surface area contributed by atoms with Gasteiger partial charge < -0.3 is 0 Å². The Hall–Kier alpha value is -1.74. The van der Waals surface area contributed by atoms with E-state index < -0.39 is 11.1 Å². The van der Waals surface area contributed by atoms with E-state index in [1.54, 1.807) is 24.5 Å². The van der Waals surface area contributed by atoms with Gasteiger partial charge in [-0.3, -0.25) is 9.78 Å². The predicted octanol–water partition coefficient (Wildman–Crippen LogP) is 3.27. The van der Waals surface area contributed by atoms with Crippen molar-refractivity contribution in [2.24, 2.45) is 0 Å². The van der Waals surface area contributed by atoms with Crippen LogP contribution in [0.15, 0.2) is 42.7 Å². The third-order valence-electron chi connectivity index (χ3n) is 2.18. The number of benzene rings is 1. The third kappa shape index (κ3) is 2.09. The Morgan fingerprint density at radius 1 is 1.19 bits per heavy atom. The molecular formula is C12H7ClFNO. The van der Waals surface area contributed by atoms with Gasteiger partial charge in [-0.2, -0.15) is 0 Å². The minimum absolute atomic E-state index is 0.273. The number of hydrogen-bond acceptors (Lipinski definition) is 2. The summed E-state index contributed by atoms with van der Waals surface area (Å²) in [4.78, 5) is 14.8. The number of halogens is 2. The van der Waals surface area contributed by atoms with Crippen LogP contribution in [0, 0.1) is 5.82 Å². The molecule has 2 aromatic rings. The van der Waals surface area contributed by atoms with Crippen molar-refractivity contribution in [1.29, 1.82) is 0 Å². The fraction of sp³-hybridized carbons (Fsp3) is 0. The first kappa shape index (κ1) is 10.8. The first-order valence-electron chi connectivity index (χ1n) is 4.58. The predicted molar refractivity (Wildman–Crippen MR) is 59.8 cm³/mol. The number of rotatable bonds is 2. The first-order chi connectivity index (χ1) is 7.68. The van der Waals surface area contributed by atoms with E-state index in [-0.39, 0.29) is 5.56 Å². The lowest BCUT2D eigenvalue weighted by molar-refractivity contribution is 0.108. The molecule has 1 aromatic carbocycles. The maximum Gasteiger partial charge on any atom is 0.252 e. The summed E-state index contributed by atoms with van der Waals surface area (Å²) in [6, 6.07) is 7.35. The minimum Gasteiger partial charge on any atom is -0.276 e. The molecule has 0 atom stereocenters. The van der Waals surface area contributed by atoms with Gasteiger partial charge in [0.25, 0.3) is 5.24 Å². The summed E-state index contributed by atoms with van der Waals surface area (Å²) in [6.07, 6.45) is 3.12. The first-order valence-corrected chi connectivity index (χ1v) is 4.96. The summed E-state index contributed by atoms with van der Waals surface area (Å²) >= 11 is 5.34. The van der Waals surface area contributed by atoms with E-state index in [0.29, 0.717) is 11.1 Å². The van der Waals surface area contributed by atoms with E-state index in [1.165, 1.54) is 18.2 Å². The average Bonchev–Trinajstić information content (AvgIpc) is 2.30. The molecule has 0 aliphatic rings. The lowest BCUT2D eigenvalue weighted by Crippen LogP contribution is -1.92. The maximum atomic E-state index is 13.5. The summed E-state index contributed by atoms with van der Waals surface area (Å²) in [5.41, 5.74) is 1.27. The molecule has 0 radical (unpaired) electrons. The van der Waals surface area contributed by atoms with Crippen LogP contribution in [0.5, 0.6) is 0 Å². The molecule has 4 heteroatoms. The normalized spacial score (nSPS) is 10.1. The van der Waals surface area contributed by atoms with E-state index in [2.05, 4.69) is 4.98 Å². The SMILES string of the molecule is O=C(Cl)c1ccc(F)c(-c2ccncc2)c1. The number of nitrogens with zero attached hydrogens (tertiary/aromatic N) is 1. The second-order valence-electron chi connectivity index (χ2n) is 3.20. The van der Waals surface area contributed by atoms with Gasteiger partial charge >= 0.3 is 0 Å². The molecule has 0 N–H and O–H groups in total. The zero-order valence-corrected chi connectivity index (χ0v) is 8.91. The van der Waals surface area contributed by atoms with E-state index in [1.807, 2.05) is 0 Å². The summed E-state index contributed by atoms with van der Waals surface area (Å²) in [7, 11) is 0. The summed E-state index contributed by atoms with van der Waals surface area (Å²) < 4.78 is 13.5. The molecule has 2 nitrogen and oxygen atoms in total. The minimum atomic E-state index is -0.602. The van der Waals surface area contributed by atoms with Crippen LogP contribution in [0.1, 0.15) is 10.4 Å². The molecule has 1 aromatic heterocycles. The lowest BCUT2D eigenvalue weighted by Gasteiger charge is -2.04. The van der Waals surface area contributed by atoms with Crippen LogP contribution in [0.4, 0.5) is 4.39 Å². The van der Waals surface area contributed by atoms with Gasteiger partial charge in [0, 0.05) is 23.5 Å². The molecule has 2 rings (SSSR count).